The molecule has 3 rings (SSSR count). The second-order valence-electron chi connectivity index (χ2n) is 21.3. The summed E-state index contributed by atoms with van der Waals surface area (Å²) in [5.74, 6) is -2.87. The average Bonchev–Trinajstić information content (AvgIpc) is 0.775. The molecule has 3 aromatic carbocycles. The van der Waals surface area contributed by atoms with Gasteiger partial charge in [-0.3, -0.25) is 28.8 Å². The molecule has 0 radical (unpaired) electrons. The maximum absolute atomic E-state index is 14.5. The van der Waals surface area contributed by atoms with Crippen LogP contribution in [0.1, 0.15) is 81.4 Å². The van der Waals surface area contributed by atoms with E-state index in [0.29, 0.717) is 32.1 Å². The van der Waals surface area contributed by atoms with Crippen molar-refractivity contribution in [2.24, 2.45) is 5.92 Å². The van der Waals surface area contributed by atoms with E-state index in [1.165, 1.54) is 29.4 Å². The largest absolute Gasteiger partial charge is 0.338 e. The molecule has 0 atom stereocenters. The lowest BCUT2D eigenvalue weighted by Crippen LogP contribution is -2.37. The molecule has 0 aliphatic rings. The van der Waals surface area contributed by atoms with E-state index in [-0.39, 0.29) is 174 Å². The van der Waals surface area contributed by atoms with Gasteiger partial charge in [-0.05, 0) is 228 Å². The molecular weight excluding hydrogens is 2290 g/mol. The Kier molecular flexibility index (Phi) is 41.9. The summed E-state index contributed by atoms with van der Waals surface area (Å²) in [6.45, 7) is 48.0. The van der Waals surface area contributed by atoms with Crippen LogP contribution in [0.4, 0.5) is 31.4 Å². The summed E-state index contributed by atoms with van der Waals surface area (Å²) in [7, 11) is 0. The lowest BCUT2D eigenvalue weighted by Gasteiger charge is -2.26. The maximum Gasteiger partial charge on any atom is 0.319 e. The van der Waals surface area contributed by atoms with Gasteiger partial charge in [-0.2, -0.15) is 0 Å². The van der Waals surface area contributed by atoms with E-state index in [1.54, 1.807) is 72.9 Å². The summed E-state index contributed by atoms with van der Waals surface area (Å²) in [6, 6.07) is -1.99. The SMILES string of the molecule is C=CCN(CC=C)C(=O)c1c(I)c(NC(=O)NCCC(CCNC(=O)Nc2c(I)c(C(=O)N(CC=C)CC=C)c(I)c(C(=O)N(CC=C)CC=C)c2I)CCNC(=O)Nc2c(I)c(C(=O)N(CC=C)CC=C)c(I)c(C(=O)N(CC=C)CC=C)c2I)c(I)c(C(=O)N(CC=C)CC=C)c1I. The molecule has 0 bridgehead atoms. The third-order valence-electron chi connectivity index (χ3n) is 14.4. The zero-order valence-corrected chi connectivity index (χ0v) is 74.4. The first kappa shape index (κ1) is 90.0. The van der Waals surface area contributed by atoms with Gasteiger partial charge >= 0.3 is 18.1 Å². The Morgan fingerprint density at radius 1 is 0.260 bits per heavy atom. The molecule has 0 aliphatic carbocycles. The summed E-state index contributed by atoms with van der Waals surface area (Å²) >= 11 is 18.0. The molecule has 12 amide bonds. The molecule has 0 aliphatic heterocycles. The minimum atomic E-state index is -0.663. The Labute approximate surface area is 709 Å². The second-order valence-corrected chi connectivity index (χ2v) is 31.0. The minimum Gasteiger partial charge on any atom is -0.338 e. The van der Waals surface area contributed by atoms with Crippen LogP contribution in [0.3, 0.4) is 0 Å². The number of nitrogens with one attached hydrogen (secondary N) is 6. The predicted octanol–water partition coefficient (Wildman–Crippen LogP) is 15.6. The monoisotopic (exact) mass is 2370 g/mol. The first-order valence-electron chi connectivity index (χ1n) is 30.5. The first-order valence-corrected chi connectivity index (χ1v) is 40.2. The van der Waals surface area contributed by atoms with Crippen molar-refractivity contribution < 1.29 is 43.2 Å². The summed E-state index contributed by atoms with van der Waals surface area (Å²) < 4.78 is 3.37. The first-order chi connectivity index (χ1) is 47.7. The van der Waals surface area contributed by atoms with Crippen LogP contribution in [-0.4, -0.2) is 181 Å². The molecule has 536 valence electrons. The van der Waals surface area contributed by atoms with Gasteiger partial charge in [0.2, 0.25) is 0 Å². The third kappa shape index (κ3) is 24.4. The van der Waals surface area contributed by atoms with Crippen LogP contribution in [0.2, 0.25) is 0 Å². The molecule has 0 fully saturated rings. The van der Waals surface area contributed by atoms with Crippen molar-refractivity contribution in [2.45, 2.75) is 19.3 Å². The van der Waals surface area contributed by atoms with Crippen molar-refractivity contribution in [1.82, 2.24) is 45.3 Å². The molecule has 0 saturated heterocycles. The normalized spacial score (nSPS) is 10.5. The van der Waals surface area contributed by atoms with Gasteiger partial charge in [0.25, 0.3) is 35.4 Å². The Hall–Kier alpha value is -4.26. The van der Waals surface area contributed by atoms with Crippen molar-refractivity contribution in [2.75, 3.05) is 114 Å². The van der Waals surface area contributed by atoms with Gasteiger partial charge in [-0.15, -0.1) is 78.9 Å². The smallest absolute Gasteiger partial charge is 0.319 e. The Morgan fingerprint density at radius 2 is 0.400 bits per heavy atom. The van der Waals surface area contributed by atoms with E-state index in [9.17, 15) is 43.2 Å². The van der Waals surface area contributed by atoms with E-state index >= 15 is 0 Å². The van der Waals surface area contributed by atoms with Gasteiger partial charge in [0.15, 0.2) is 0 Å². The van der Waals surface area contributed by atoms with Crippen LogP contribution in [0.15, 0.2) is 152 Å². The number of hydrogen-bond donors (Lipinski definition) is 6. The second kappa shape index (κ2) is 46.5. The minimum absolute atomic E-state index is 0.0507. The zero-order chi connectivity index (χ0) is 75.1. The summed E-state index contributed by atoms with van der Waals surface area (Å²) in [6.07, 6.45) is 19.8. The van der Waals surface area contributed by atoms with Crippen molar-refractivity contribution in [3.8, 4) is 0 Å². The van der Waals surface area contributed by atoms with Crippen molar-refractivity contribution in [3.63, 3.8) is 0 Å². The van der Waals surface area contributed by atoms with E-state index in [4.69, 9.17) is 0 Å². The van der Waals surface area contributed by atoms with E-state index < -0.39 is 53.5 Å². The number of urea groups is 3. The van der Waals surface area contributed by atoms with Crippen LogP contribution in [-0.2, 0) is 0 Å². The van der Waals surface area contributed by atoms with Gasteiger partial charge in [0.1, 0.15) is 0 Å². The molecule has 100 heavy (non-hydrogen) atoms. The van der Waals surface area contributed by atoms with Crippen LogP contribution in [0, 0.1) is 38.0 Å². The molecule has 6 N–H and O–H groups in total. The number of nitrogens with zero attached hydrogens (tertiary/aromatic N) is 6. The summed E-state index contributed by atoms with van der Waals surface area (Å²) in [5.41, 5.74) is 1.77. The number of amides is 12. The van der Waals surface area contributed by atoms with Crippen LogP contribution in [0.25, 0.3) is 0 Å². The molecule has 0 aromatic heterocycles. The fraction of sp³-hybridized carbons (Fsp3) is 0.271. The Morgan fingerprint density at radius 3 is 0.530 bits per heavy atom. The van der Waals surface area contributed by atoms with Crippen LogP contribution >= 0.6 is 203 Å². The topological polar surface area (TPSA) is 245 Å². The fourth-order valence-electron chi connectivity index (χ4n) is 9.78. The molecule has 3 aromatic rings. The molecular formula is C70H79I9N12O9. The molecule has 0 heterocycles. The highest BCUT2D eigenvalue weighted by Crippen LogP contribution is 2.41. The Bertz CT molecular complexity index is 3110. The number of carbonyl (C=O) groups is 9. The van der Waals surface area contributed by atoms with Gasteiger partial charge in [-0.25, -0.2) is 14.4 Å². The maximum atomic E-state index is 14.5. The fourth-order valence-corrected chi connectivity index (χ4v) is 22.9. The van der Waals surface area contributed by atoms with Crippen LogP contribution in [0.5, 0.6) is 0 Å². The van der Waals surface area contributed by atoms with Gasteiger partial charge in [-0.1, -0.05) is 72.9 Å². The number of benzene rings is 3. The Balaban J connectivity index is 2.19. The molecule has 30 heteroatoms. The van der Waals surface area contributed by atoms with Crippen molar-refractivity contribution in [3.05, 3.63) is 217 Å². The highest BCUT2D eigenvalue weighted by Gasteiger charge is 2.36. The number of rotatable bonds is 42. The lowest BCUT2D eigenvalue weighted by molar-refractivity contribution is 0.0771. The number of hydrogen-bond acceptors (Lipinski definition) is 9. The molecule has 21 nitrogen and oxygen atoms in total. The van der Waals surface area contributed by atoms with Crippen molar-refractivity contribution >= 4 is 274 Å². The number of halogens is 9. The van der Waals surface area contributed by atoms with E-state index in [1.807, 2.05) is 203 Å². The highest BCUT2D eigenvalue weighted by molar-refractivity contribution is 14.1. The number of carbonyl (C=O) groups excluding carboxylic acids is 9. The summed E-state index contributed by atoms with van der Waals surface area (Å²) in [5, 5.41) is 17.6. The van der Waals surface area contributed by atoms with Crippen LogP contribution < -0.4 is 31.9 Å². The lowest BCUT2D eigenvalue weighted by atomic mass is 9.97. The summed E-state index contributed by atoms with van der Waals surface area (Å²) in [4.78, 5) is 139. The standard InChI is InChI=1S/C70H79I9N12O9/c1-13-31-86(32-14-2)62(92)44-50(71)45(63(93)87(33-15-3)34-16-4)54(75)59(53(44)74)83-68(98)80-28-25-43(26-29-81-69(99)84-60-55(76)46(64(94)88(35-17-5)36-18-6)51(72)47(56(60)77)65(95)89(37-19-7)38-20-8)27-30-82-70(100)85-61-57(78)48(66(96)90(39-21-9)40-22-10)52(73)49(58(61)79)67(97)91(41-23-11)42-24-12/h13-24,43H,1-12,25-42H2,(H2,80,83,98)(H2,81,84,99)(H2,82,85,100). The average molecular weight is 2370 g/mol. The molecule has 0 saturated carbocycles. The van der Waals surface area contributed by atoms with E-state index in [0.717, 1.165) is 0 Å². The number of anilines is 3. The van der Waals surface area contributed by atoms with E-state index in [2.05, 4.69) is 111 Å². The van der Waals surface area contributed by atoms with Gasteiger partial charge in [0.05, 0.1) is 71.9 Å². The quantitative estimate of drug-likeness (QED) is 0.0233. The van der Waals surface area contributed by atoms with Crippen molar-refractivity contribution in [1.29, 1.82) is 0 Å². The highest BCUT2D eigenvalue weighted by atomic mass is 127. The third-order valence-corrected chi connectivity index (χ3v) is 24.1. The predicted molar refractivity (Wildman–Crippen MR) is 480 cm³/mol. The van der Waals surface area contributed by atoms with Gasteiger partial charge < -0.3 is 61.3 Å². The molecule has 0 spiro atoms. The van der Waals surface area contributed by atoms with Gasteiger partial charge in [0, 0.05) is 109 Å². The zero-order valence-electron chi connectivity index (χ0n) is 55.0. The molecule has 0 unspecified atom stereocenters.